The standard InChI is InChI=1S/C12H11F3N2O/c1-2-9-10(17-11(18)16-9)7-5-3-4-6-8(7)12(13,14)15/h3-6H,2H2,1H3,(H2,16,17,18). The Morgan fingerprint density at radius 2 is 1.83 bits per heavy atom. The van der Waals surface area contributed by atoms with Crippen LogP contribution in [0.1, 0.15) is 18.2 Å². The minimum Gasteiger partial charge on any atom is -0.309 e. The first-order valence-electron chi connectivity index (χ1n) is 5.41. The van der Waals surface area contributed by atoms with Gasteiger partial charge in [0.05, 0.1) is 11.3 Å². The quantitative estimate of drug-likeness (QED) is 0.852. The fraction of sp³-hybridized carbons (Fsp3) is 0.250. The molecular formula is C12H11F3N2O. The van der Waals surface area contributed by atoms with Crippen molar-refractivity contribution >= 4 is 0 Å². The summed E-state index contributed by atoms with van der Waals surface area (Å²) >= 11 is 0. The molecule has 2 rings (SSSR count). The number of nitrogens with one attached hydrogen (secondary N) is 2. The fourth-order valence-corrected chi connectivity index (χ4v) is 1.86. The van der Waals surface area contributed by atoms with Crippen LogP contribution in [-0.4, -0.2) is 9.97 Å². The molecule has 0 radical (unpaired) electrons. The molecule has 0 saturated heterocycles. The number of rotatable bonds is 2. The van der Waals surface area contributed by atoms with Crippen LogP contribution < -0.4 is 5.69 Å². The SMILES string of the molecule is CCc1[nH]c(=O)[nH]c1-c1ccccc1C(F)(F)F. The summed E-state index contributed by atoms with van der Waals surface area (Å²) in [5.41, 5.74) is -0.596. The van der Waals surface area contributed by atoms with Gasteiger partial charge < -0.3 is 9.97 Å². The van der Waals surface area contributed by atoms with Gasteiger partial charge in [0, 0.05) is 11.3 Å². The summed E-state index contributed by atoms with van der Waals surface area (Å²) in [6.45, 7) is 1.76. The monoisotopic (exact) mass is 256 g/mol. The molecule has 0 spiro atoms. The van der Waals surface area contributed by atoms with Crippen molar-refractivity contribution in [3.63, 3.8) is 0 Å². The summed E-state index contributed by atoms with van der Waals surface area (Å²) < 4.78 is 38.6. The topological polar surface area (TPSA) is 48.6 Å². The molecule has 0 fully saturated rings. The Bertz CT molecular complexity index is 610. The minimum atomic E-state index is -4.45. The molecule has 0 aliphatic rings. The van der Waals surface area contributed by atoms with Crippen LogP contribution in [0.3, 0.4) is 0 Å². The number of aromatic amines is 2. The van der Waals surface area contributed by atoms with Crippen LogP contribution in [0, 0.1) is 0 Å². The Morgan fingerprint density at radius 1 is 1.17 bits per heavy atom. The highest BCUT2D eigenvalue weighted by Crippen LogP contribution is 2.36. The van der Waals surface area contributed by atoms with Crippen molar-refractivity contribution in [3.05, 3.63) is 46.0 Å². The third-order valence-corrected chi connectivity index (χ3v) is 2.66. The number of halogens is 3. The van der Waals surface area contributed by atoms with E-state index >= 15 is 0 Å². The number of imidazole rings is 1. The number of alkyl halides is 3. The van der Waals surface area contributed by atoms with Gasteiger partial charge in [-0.15, -0.1) is 0 Å². The Labute approximate surface area is 101 Å². The lowest BCUT2D eigenvalue weighted by Crippen LogP contribution is -2.07. The highest BCUT2D eigenvalue weighted by Gasteiger charge is 2.34. The molecule has 1 aromatic heterocycles. The summed E-state index contributed by atoms with van der Waals surface area (Å²) in [6.07, 6.45) is -4.00. The van der Waals surface area contributed by atoms with Gasteiger partial charge in [0.25, 0.3) is 0 Å². The predicted molar refractivity (Wildman–Crippen MR) is 61.2 cm³/mol. The summed E-state index contributed by atoms with van der Waals surface area (Å²) in [5, 5.41) is 0. The smallest absolute Gasteiger partial charge is 0.309 e. The average Bonchev–Trinajstić information content (AvgIpc) is 2.69. The van der Waals surface area contributed by atoms with Gasteiger partial charge in [-0.1, -0.05) is 25.1 Å². The van der Waals surface area contributed by atoms with Crippen LogP contribution in [0.15, 0.2) is 29.1 Å². The van der Waals surface area contributed by atoms with Crippen molar-refractivity contribution in [1.82, 2.24) is 9.97 Å². The second-order valence-electron chi connectivity index (χ2n) is 3.83. The number of benzene rings is 1. The number of hydrogen-bond acceptors (Lipinski definition) is 1. The Morgan fingerprint density at radius 3 is 2.44 bits per heavy atom. The first kappa shape index (κ1) is 12.5. The van der Waals surface area contributed by atoms with Gasteiger partial charge in [-0.2, -0.15) is 13.2 Å². The summed E-state index contributed by atoms with van der Waals surface area (Å²) in [7, 11) is 0. The molecule has 0 unspecified atom stereocenters. The number of H-pyrrole nitrogens is 2. The van der Waals surface area contributed by atoms with Crippen molar-refractivity contribution in [3.8, 4) is 11.3 Å². The Balaban J connectivity index is 2.68. The molecule has 96 valence electrons. The van der Waals surface area contributed by atoms with Crippen molar-refractivity contribution < 1.29 is 13.2 Å². The zero-order valence-electron chi connectivity index (χ0n) is 9.56. The largest absolute Gasteiger partial charge is 0.417 e. The van der Waals surface area contributed by atoms with Crippen LogP contribution in [0.5, 0.6) is 0 Å². The highest BCUT2D eigenvalue weighted by atomic mass is 19.4. The zero-order chi connectivity index (χ0) is 13.3. The fourth-order valence-electron chi connectivity index (χ4n) is 1.86. The summed E-state index contributed by atoms with van der Waals surface area (Å²) in [6, 6.07) is 5.18. The van der Waals surface area contributed by atoms with Gasteiger partial charge in [-0.3, -0.25) is 0 Å². The van der Waals surface area contributed by atoms with E-state index in [9.17, 15) is 18.0 Å². The molecule has 2 aromatic rings. The molecular weight excluding hydrogens is 245 g/mol. The maximum Gasteiger partial charge on any atom is 0.417 e. The third-order valence-electron chi connectivity index (χ3n) is 2.66. The Hall–Kier alpha value is -1.98. The van der Waals surface area contributed by atoms with E-state index in [1.807, 2.05) is 0 Å². The van der Waals surface area contributed by atoms with E-state index in [4.69, 9.17) is 0 Å². The lowest BCUT2D eigenvalue weighted by atomic mass is 10.0. The average molecular weight is 256 g/mol. The number of aryl methyl sites for hydroxylation is 1. The van der Waals surface area contributed by atoms with Crippen LogP contribution in [0.4, 0.5) is 13.2 Å². The van der Waals surface area contributed by atoms with Gasteiger partial charge >= 0.3 is 11.9 Å². The molecule has 1 aromatic carbocycles. The van der Waals surface area contributed by atoms with Gasteiger partial charge in [0.15, 0.2) is 0 Å². The molecule has 0 amide bonds. The molecule has 0 aliphatic carbocycles. The van der Waals surface area contributed by atoms with E-state index in [-0.39, 0.29) is 11.3 Å². The first-order valence-corrected chi connectivity index (χ1v) is 5.41. The van der Waals surface area contributed by atoms with Crippen LogP contribution in [-0.2, 0) is 12.6 Å². The number of hydrogen-bond donors (Lipinski definition) is 2. The van der Waals surface area contributed by atoms with Crippen molar-refractivity contribution in [2.45, 2.75) is 19.5 Å². The van der Waals surface area contributed by atoms with Crippen LogP contribution in [0.25, 0.3) is 11.3 Å². The second kappa shape index (κ2) is 4.36. The zero-order valence-corrected chi connectivity index (χ0v) is 9.56. The van der Waals surface area contributed by atoms with E-state index in [1.54, 1.807) is 6.92 Å². The first-order chi connectivity index (χ1) is 8.43. The highest BCUT2D eigenvalue weighted by molar-refractivity contribution is 5.66. The third kappa shape index (κ3) is 2.18. The minimum absolute atomic E-state index is 0.0137. The van der Waals surface area contributed by atoms with Gasteiger partial charge in [0.2, 0.25) is 0 Å². The van der Waals surface area contributed by atoms with Crippen LogP contribution in [0.2, 0.25) is 0 Å². The van der Waals surface area contributed by atoms with E-state index in [2.05, 4.69) is 9.97 Å². The lowest BCUT2D eigenvalue weighted by molar-refractivity contribution is -0.137. The van der Waals surface area contributed by atoms with Crippen molar-refractivity contribution in [1.29, 1.82) is 0 Å². The molecule has 1 heterocycles. The summed E-state index contributed by atoms with van der Waals surface area (Å²) in [5.74, 6) is 0. The molecule has 6 heteroatoms. The van der Waals surface area contributed by atoms with E-state index in [1.165, 1.54) is 18.2 Å². The normalized spacial score (nSPS) is 11.8. The van der Waals surface area contributed by atoms with Gasteiger partial charge in [0.1, 0.15) is 0 Å². The summed E-state index contributed by atoms with van der Waals surface area (Å²) in [4.78, 5) is 16.1. The number of aromatic nitrogens is 2. The van der Waals surface area contributed by atoms with Crippen LogP contribution >= 0.6 is 0 Å². The molecule has 0 atom stereocenters. The lowest BCUT2D eigenvalue weighted by Gasteiger charge is -2.12. The van der Waals surface area contributed by atoms with Crippen molar-refractivity contribution in [2.75, 3.05) is 0 Å². The Kier molecular flexibility index (Phi) is 3.02. The molecule has 0 bridgehead atoms. The molecule has 0 aliphatic heterocycles. The van der Waals surface area contributed by atoms with Gasteiger partial charge in [-0.05, 0) is 12.5 Å². The maximum absolute atomic E-state index is 12.9. The van der Waals surface area contributed by atoms with E-state index in [0.717, 1.165) is 6.07 Å². The second-order valence-corrected chi connectivity index (χ2v) is 3.83. The molecule has 3 nitrogen and oxygen atoms in total. The van der Waals surface area contributed by atoms with E-state index < -0.39 is 17.4 Å². The predicted octanol–water partition coefficient (Wildman–Crippen LogP) is 2.95. The van der Waals surface area contributed by atoms with Crippen molar-refractivity contribution in [2.24, 2.45) is 0 Å². The molecule has 18 heavy (non-hydrogen) atoms. The molecule has 2 N–H and O–H groups in total. The maximum atomic E-state index is 12.9. The van der Waals surface area contributed by atoms with E-state index in [0.29, 0.717) is 12.1 Å². The molecule has 0 saturated carbocycles. The van der Waals surface area contributed by atoms with Gasteiger partial charge in [-0.25, -0.2) is 4.79 Å².